The molecule has 2 heterocycles. The lowest BCUT2D eigenvalue weighted by molar-refractivity contribution is 0.407. The molecule has 0 spiro atoms. The van der Waals surface area contributed by atoms with Gasteiger partial charge in [0.1, 0.15) is 11.4 Å². The third kappa shape index (κ3) is 1.91. The van der Waals surface area contributed by atoms with Crippen LogP contribution in [0.2, 0.25) is 0 Å². The Morgan fingerprint density at radius 3 is 2.83 bits per heavy atom. The number of nitrogens with zero attached hydrogens (tertiary/aromatic N) is 1. The molecule has 0 saturated heterocycles. The Kier molecular flexibility index (Phi) is 2.86. The molecule has 0 unspecified atom stereocenters. The van der Waals surface area contributed by atoms with Crippen LogP contribution in [0, 0.1) is 0 Å². The molecule has 1 aromatic carbocycles. The van der Waals surface area contributed by atoms with E-state index >= 15 is 0 Å². The van der Waals surface area contributed by atoms with Crippen LogP contribution < -0.4 is 4.74 Å². The number of benzene rings is 1. The normalized spacial score (nSPS) is 10.5. The summed E-state index contributed by atoms with van der Waals surface area (Å²) in [6, 6.07) is 13.7. The number of rotatable bonds is 3. The molecule has 2 aromatic heterocycles. The van der Waals surface area contributed by atoms with E-state index in [0.29, 0.717) is 0 Å². The summed E-state index contributed by atoms with van der Waals surface area (Å²) >= 11 is 1.64. The zero-order valence-electron chi connectivity index (χ0n) is 9.79. The van der Waals surface area contributed by atoms with E-state index in [9.17, 15) is 0 Å². The molecular weight excluding hydrogens is 246 g/mol. The standard InChI is InChI=1S/C14H11NO2S/c1-16-12-6-3-2-5-10(12)13-9-11(15-17-13)14-7-4-8-18-14/h2-9H,1H3. The molecular formula is C14H11NO2S. The molecule has 4 heteroatoms. The van der Waals surface area contributed by atoms with Gasteiger partial charge in [0.15, 0.2) is 5.76 Å². The first-order chi connectivity index (χ1) is 8.88. The van der Waals surface area contributed by atoms with Crippen molar-refractivity contribution in [3.8, 4) is 27.6 Å². The molecule has 0 atom stereocenters. The molecule has 0 aliphatic carbocycles. The maximum atomic E-state index is 5.39. The molecule has 0 fully saturated rings. The highest BCUT2D eigenvalue weighted by Gasteiger charge is 2.12. The number of para-hydroxylation sites is 1. The molecule has 0 aliphatic rings. The van der Waals surface area contributed by atoms with Crippen LogP contribution in [0.3, 0.4) is 0 Å². The zero-order valence-corrected chi connectivity index (χ0v) is 10.6. The summed E-state index contributed by atoms with van der Waals surface area (Å²) < 4.78 is 10.7. The molecule has 0 bridgehead atoms. The van der Waals surface area contributed by atoms with Crippen molar-refractivity contribution in [3.05, 3.63) is 47.8 Å². The van der Waals surface area contributed by atoms with Gasteiger partial charge in [-0.1, -0.05) is 23.4 Å². The van der Waals surface area contributed by atoms with E-state index in [1.807, 2.05) is 47.8 Å². The van der Waals surface area contributed by atoms with E-state index in [1.165, 1.54) is 0 Å². The number of hydrogen-bond acceptors (Lipinski definition) is 4. The average molecular weight is 257 g/mol. The summed E-state index contributed by atoms with van der Waals surface area (Å²) in [7, 11) is 1.65. The molecule has 3 rings (SSSR count). The quantitative estimate of drug-likeness (QED) is 0.709. The van der Waals surface area contributed by atoms with Gasteiger partial charge in [-0.05, 0) is 23.6 Å². The van der Waals surface area contributed by atoms with Crippen LogP contribution in [-0.4, -0.2) is 12.3 Å². The van der Waals surface area contributed by atoms with Gasteiger partial charge >= 0.3 is 0 Å². The third-order valence-corrected chi connectivity index (χ3v) is 3.55. The minimum atomic E-state index is 0.718. The minimum Gasteiger partial charge on any atom is -0.496 e. The predicted molar refractivity (Wildman–Crippen MR) is 71.8 cm³/mol. The van der Waals surface area contributed by atoms with Crippen molar-refractivity contribution in [2.24, 2.45) is 0 Å². The van der Waals surface area contributed by atoms with Crippen LogP contribution >= 0.6 is 11.3 Å². The van der Waals surface area contributed by atoms with Crippen molar-refractivity contribution < 1.29 is 9.26 Å². The monoisotopic (exact) mass is 257 g/mol. The van der Waals surface area contributed by atoms with E-state index in [4.69, 9.17) is 9.26 Å². The maximum Gasteiger partial charge on any atom is 0.171 e. The molecule has 0 radical (unpaired) electrons. The van der Waals surface area contributed by atoms with Gasteiger partial charge in [-0.25, -0.2) is 0 Å². The second-order valence-corrected chi connectivity index (χ2v) is 4.70. The minimum absolute atomic E-state index is 0.718. The Hall–Kier alpha value is -2.07. The van der Waals surface area contributed by atoms with E-state index in [2.05, 4.69) is 5.16 Å². The van der Waals surface area contributed by atoms with Gasteiger partial charge in [-0.2, -0.15) is 0 Å². The summed E-state index contributed by atoms with van der Waals surface area (Å²) in [5, 5.41) is 6.11. The average Bonchev–Trinajstić information content (AvgIpc) is 3.09. The summed E-state index contributed by atoms with van der Waals surface area (Å²) in [6.07, 6.45) is 0. The lowest BCUT2D eigenvalue weighted by Crippen LogP contribution is -1.85. The number of ether oxygens (including phenoxy) is 1. The van der Waals surface area contributed by atoms with Gasteiger partial charge in [-0.15, -0.1) is 11.3 Å². The Morgan fingerprint density at radius 1 is 1.17 bits per heavy atom. The van der Waals surface area contributed by atoms with Crippen LogP contribution in [0.5, 0.6) is 5.75 Å². The van der Waals surface area contributed by atoms with E-state index in [1.54, 1.807) is 18.4 Å². The highest BCUT2D eigenvalue weighted by atomic mass is 32.1. The SMILES string of the molecule is COc1ccccc1-c1cc(-c2cccs2)no1. The second kappa shape index (κ2) is 4.66. The number of aromatic nitrogens is 1. The second-order valence-electron chi connectivity index (χ2n) is 3.75. The molecule has 0 saturated carbocycles. The molecule has 3 nitrogen and oxygen atoms in total. The van der Waals surface area contributed by atoms with Crippen molar-refractivity contribution >= 4 is 11.3 Å². The van der Waals surface area contributed by atoms with Gasteiger partial charge in [0.05, 0.1) is 17.6 Å². The van der Waals surface area contributed by atoms with Crippen LogP contribution in [0.4, 0.5) is 0 Å². The molecule has 18 heavy (non-hydrogen) atoms. The number of thiophene rings is 1. The first-order valence-electron chi connectivity index (χ1n) is 5.52. The Bertz CT molecular complexity index is 643. The third-order valence-electron chi connectivity index (χ3n) is 2.66. The van der Waals surface area contributed by atoms with Crippen LogP contribution in [-0.2, 0) is 0 Å². The van der Waals surface area contributed by atoms with Gasteiger partial charge in [0, 0.05) is 6.07 Å². The topological polar surface area (TPSA) is 35.3 Å². The Labute approximate surface area is 109 Å². The Morgan fingerprint density at radius 2 is 2.06 bits per heavy atom. The highest BCUT2D eigenvalue weighted by Crippen LogP contribution is 2.33. The fourth-order valence-corrected chi connectivity index (χ4v) is 2.47. The van der Waals surface area contributed by atoms with Crippen molar-refractivity contribution in [1.82, 2.24) is 5.16 Å². The van der Waals surface area contributed by atoms with Gasteiger partial charge in [0.25, 0.3) is 0 Å². The summed E-state index contributed by atoms with van der Waals surface area (Å²) in [5.41, 5.74) is 1.77. The van der Waals surface area contributed by atoms with Crippen LogP contribution in [0.1, 0.15) is 0 Å². The van der Waals surface area contributed by atoms with Gasteiger partial charge < -0.3 is 9.26 Å². The van der Waals surface area contributed by atoms with Gasteiger partial charge in [0.2, 0.25) is 0 Å². The van der Waals surface area contributed by atoms with E-state index in [-0.39, 0.29) is 0 Å². The van der Waals surface area contributed by atoms with E-state index < -0.39 is 0 Å². The van der Waals surface area contributed by atoms with Crippen molar-refractivity contribution in [3.63, 3.8) is 0 Å². The first kappa shape index (κ1) is 11.0. The van der Waals surface area contributed by atoms with Crippen LogP contribution in [0.25, 0.3) is 21.9 Å². The first-order valence-corrected chi connectivity index (χ1v) is 6.40. The number of hydrogen-bond donors (Lipinski definition) is 0. The maximum absolute atomic E-state index is 5.39. The Balaban J connectivity index is 2.03. The van der Waals surface area contributed by atoms with Gasteiger partial charge in [-0.3, -0.25) is 0 Å². The lowest BCUT2D eigenvalue weighted by atomic mass is 10.1. The molecule has 0 N–H and O–H groups in total. The van der Waals surface area contributed by atoms with E-state index in [0.717, 1.165) is 27.6 Å². The van der Waals surface area contributed by atoms with Crippen molar-refractivity contribution in [2.45, 2.75) is 0 Å². The summed E-state index contributed by atoms with van der Waals surface area (Å²) in [4.78, 5) is 1.10. The highest BCUT2D eigenvalue weighted by molar-refractivity contribution is 7.13. The molecule has 0 amide bonds. The van der Waals surface area contributed by atoms with Crippen molar-refractivity contribution in [2.75, 3.05) is 7.11 Å². The number of methoxy groups -OCH3 is 1. The smallest absolute Gasteiger partial charge is 0.171 e. The molecule has 0 aliphatic heterocycles. The van der Waals surface area contributed by atoms with Crippen LogP contribution in [0.15, 0.2) is 52.4 Å². The zero-order chi connectivity index (χ0) is 12.4. The fourth-order valence-electron chi connectivity index (χ4n) is 1.79. The molecule has 3 aromatic rings. The fraction of sp³-hybridized carbons (Fsp3) is 0.0714. The lowest BCUT2D eigenvalue weighted by Gasteiger charge is -2.03. The van der Waals surface area contributed by atoms with Crippen molar-refractivity contribution in [1.29, 1.82) is 0 Å². The predicted octanol–water partition coefficient (Wildman–Crippen LogP) is 4.08. The summed E-state index contributed by atoms with van der Waals surface area (Å²) in [5.74, 6) is 1.50. The molecule has 90 valence electrons. The summed E-state index contributed by atoms with van der Waals surface area (Å²) in [6.45, 7) is 0. The largest absolute Gasteiger partial charge is 0.496 e.